The first-order valence-electron chi connectivity index (χ1n) is 40.0. The Morgan fingerprint density at radius 2 is 1.42 bits per heavy atom. The Bertz CT molecular complexity index is 3620. The van der Waals surface area contributed by atoms with Crippen molar-refractivity contribution in [1.82, 2.24) is 40.4 Å². The Balaban J connectivity index is 1.17. The third kappa shape index (κ3) is 29.1. The molecule has 29 nitrogen and oxygen atoms in total. The fourth-order valence-corrected chi connectivity index (χ4v) is 16.7. The van der Waals surface area contributed by atoms with Crippen LogP contribution in [-0.2, 0) is 84.7 Å². The maximum atomic E-state index is 15.1. The van der Waals surface area contributed by atoms with E-state index >= 15 is 4.79 Å². The monoisotopic (exact) mass is 1620 g/mol. The lowest BCUT2D eigenvalue weighted by molar-refractivity contribution is -0.149. The number of primary amides is 1. The van der Waals surface area contributed by atoms with Crippen LogP contribution in [0.5, 0.6) is 5.75 Å². The quantitative estimate of drug-likeness (QED) is 0.0236. The summed E-state index contributed by atoms with van der Waals surface area (Å²) in [6, 6.07) is 7.47. The molecule has 9 amide bonds. The van der Waals surface area contributed by atoms with Gasteiger partial charge in [-0.3, -0.25) is 67.3 Å². The smallest absolute Gasteiger partial charge is 0.409 e. The molecule has 31 heteroatoms. The van der Waals surface area contributed by atoms with Crippen LogP contribution in [0.1, 0.15) is 193 Å². The van der Waals surface area contributed by atoms with E-state index in [9.17, 15) is 71.8 Å². The van der Waals surface area contributed by atoms with Gasteiger partial charge in [-0.25, -0.2) is 14.0 Å². The molecule has 2 heterocycles. The highest BCUT2D eigenvalue weighted by atomic mass is 32.2. The van der Waals surface area contributed by atoms with E-state index in [1.807, 2.05) is 74.4 Å². The number of hydrogen-bond acceptors (Lipinski definition) is 21. The van der Waals surface area contributed by atoms with Crippen LogP contribution >= 0.6 is 11.8 Å². The fraction of sp³-hybridized carbons (Fsp3) is 0.687. The molecule has 3 fully saturated rings. The van der Waals surface area contributed by atoms with Crippen molar-refractivity contribution in [3.8, 4) is 5.75 Å². The van der Waals surface area contributed by atoms with Crippen molar-refractivity contribution in [1.29, 1.82) is 0 Å². The summed E-state index contributed by atoms with van der Waals surface area (Å²) in [4.78, 5) is 195. The van der Waals surface area contributed by atoms with Gasteiger partial charge in [-0.2, -0.15) is 0 Å². The van der Waals surface area contributed by atoms with Crippen LogP contribution in [0.15, 0.2) is 42.5 Å². The van der Waals surface area contributed by atoms with Crippen molar-refractivity contribution in [3.05, 3.63) is 65.0 Å². The fourth-order valence-electron chi connectivity index (χ4n) is 15.2. The van der Waals surface area contributed by atoms with Crippen molar-refractivity contribution in [2.45, 2.75) is 232 Å². The number of aliphatic carboxylic acids is 1. The van der Waals surface area contributed by atoms with Gasteiger partial charge in [-0.05, 0) is 111 Å². The molecule has 0 spiro atoms. The lowest BCUT2D eigenvalue weighted by atomic mass is 9.83. The number of ketones is 4. The molecule has 1 saturated carbocycles. The standard InChI is InChI=1S/C83H126FN9O20S/c1-17-52(8)75(91(13)79(105)60(50(4)5)41-65(96)74(51(6)7)89(10)11)68(110-15)42-71(99)93-46-58(40-63(93)76(111-16)53(9)77(103)87-45-66(97)56-30-31-67(109-14)61(84)38-56)113-81(107)86-34-36-90(12)82(108)112-47-55-28-26-54(27-29-55)37-64(95)62(24-20-21-25-70(85)98)88-78(104)59(49(2)3)39-57(94)23-19-18-22-35-92-72(100)43-69(80(92)106)114-48-83(32-33-83)44-73(101)102/h26-31,38,49-53,58-60,62-63,68-69,74-76H,17-25,32-37,39-48H2,1-16H3,(H2,85,98)(H,86,107)(H,87,103)(H,88,104)(H,101,102)/t52-,53+,58-,59-,60-,62-,63-,68+,69?,74-,75-,76+/m0/s1. The average Bonchev–Trinajstić information content (AvgIpc) is 1.62. The van der Waals surface area contributed by atoms with E-state index in [2.05, 4.69) is 16.0 Å². The molecular weight excluding hydrogens is 1490 g/mol. The zero-order valence-corrected chi connectivity index (χ0v) is 70.5. The molecule has 3 aliphatic rings. The van der Waals surface area contributed by atoms with Crippen molar-refractivity contribution in [2.75, 3.05) is 88.0 Å². The molecule has 2 aromatic carbocycles. The molecule has 1 unspecified atom stereocenters. The number of likely N-dealkylation sites (N-methyl/N-ethyl adjacent to an activating group) is 3. The maximum absolute atomic E-state index is 15.1. The molecule has 2 aliphatic heterocycles. The van der Waals surface area contributed by atoms with Gasteiger partial charge in [-0.15, -0.1) is 11.8 Å². The summed E-state index contributed by atoms with van der Waals surface area (Å²) in [5.41, 5.74) is 6.25. The second-order valence-corrected chi connectivity index (χ2v) is 33.5. The Kier molecular flexibility index (Phi) is 39.1. The highest BCUT2D eigenvalue weighted by molar-refractivity contribution is 8.00. The van der Waals surface area contributed by atoms with Crippen LogP contribution in [0.2, 0.25) is 0 Å². The lowest BCUT2D eigenvalue weighted by Crippen LogP contribution is -2.54. The van der Waals surface area contributed by atoms with Crippen LogP contribution in [0, 0.1) is 52.7 Å². The first kappa shape index (κ1) is 96.2. The number of rotatable bonds is 52. The van der Waals surface area contributed by atoms with Gasteiger partial charge in [0.05, 0.1) is 80.6 Å². The molecule has 114 heavy (non-hydrogen) atoms. The summed E-state index contributed by atoms with van der Waals surface area (Å²) in [6.45, 7) is 16.1. The first-order chi connectivity index (χ1) is 53.8. The van der Waals surface area contributed by atoms with E-state index < -0.39 is 125 Å². The zero-order valence-electron chi connectivity index (χ0n) is 69.7. The summed E-state index contributed by atoms with van der Waals surface area (Å²) in [6.07, 6.45) is 0.0792. The zero-order chi connectivity index (χ0) is 85.0. The number of halogens is 1. The number of likely N-dealkylation sites (tertiary alicyclic amines) is 2. The third-order valence-electron chi connectivity index (χ3n) is 22.4. The summed E-state index contributed by atoms with van der Waals surface area (Å²) < 4.78 is 43.2. The van der Waals surface area contributed by atoms with Gasteiger partial charge in [0.15, 0.2) is 28.9 Å². The topological polar surface area (TPSA) is 384 Å². The molecule has 1 aliphatic carbocycles. The van der Waals surface area contributed by atoms with Gasteiger partial charge in [0.2, 0.25) is 41.4 Å². The number of nitrogens with two attached hydrogens (primary N) is 1. The van der Waals surface area contributed by atoms with Crippen LogP contribution < -0.4 is 26.4 Å². The minimum absolute atomic E-state index is 0.00634. The average molecular weight is 1620 g/mol. The molecule has 12 atom stereocenters. The molecule has 636 valence electrons. The van der Waals surface area contributed by atoms with Crippen molar-refractivity contribution >= 4 is 94.4 Å². The maximum Gasteiger partial charge on any atom is 0.409 e. The van der Waals surface area contributed by atoms with E-state index in [-0.39, 0.29) is 172 Å². The summed E-state index contributed by atoms with van der Waals surface area (Å²) >= 11 is 1.35. The number of carbonyl (C=O) groups is 14. The molecule has 0 radical (unpaired) electrons. The second kappa shape index (κ2) is 46.4. The van der Waals surface area contributed by atoms with Crippen molar-refractivity contribution in [3.63, 3.8) is 0 Å². The predicted octanol–water partition coefficient (Wildman–Crippen LogP) is 8.39. The van der Waals surface area contributed by atoms with Crippen LogP contribution in [0.4, 0.5) is 14.0 Å². The molecule has 2 saturated heterocycles. The molecule has 5 rings (SSSR count). The number of unbranched alkanes of at least 4 members (excludes halogenated alkanes) is 3. The summed E-state index contributed by atoms with van der Waals surface area (Å²) in [5.74, 6) is -8.36. The third-order valence-corrected chi connectivity index (χ3v) is 23.9. The van der Waals surface area contributed by atoms with Crippen molar-refractivity contribution < 1.29 is 100 Å². The van der Waals surface area contributed by atoms with Gasteiger partial charge in [0.25, 0.3) is 0 Å². The minimum Gasteiger partial charge on any atom is -0.494 e. The number of Topliss-reactive ketones (excluding diaryl/α,β-unsaturated/α-hetero) is 4. The number of hydrogen-bond donors (Lipinski definition) is 5. The molecule has 6 N–H and O–H groups in total. The summed E-state index contributed by atoms with van der Waals surface area (Å²) in [5, 5.41) is 16.9. The number of alkyl carbamates (subject to hydrolysis) is 1. The summed E-state index contributed by atoms with van der Waals surface area (Å²) in [7, 11) is 10.9. The van der Waals surface area contributed by atoms with Gasteiger partial charge in [-0.1, -0.05) is 106 Å². The van der Waals surface area contributed by atoms with E-state index in [0.717, 1.165) is 18.9 Å². The Morgan fingerprint density at radius 3 is 2.00 bits per heavy atom. The highest BCUT2D eigenvalue weighted by Crippen LogP contribution is 2.52. The Hall–Kier alpha value is -8.42. The van der Waals surface area contributed by atoms with Crippen LogP contribution in [-0.4, -0.2) is 248 Å². The lowest BCUT2D eigenvalue weighted by Gasteiger charge is -2.41. The normalized spacial score (nSPS) is 18.3. The molecule has 0 aromatic heterocycles. The van der Waals surface area contributed by atoms with E-state index in [4.69, 9.17) is 29.4 Å². The number of amides is 9. The van der Waals surface area contributed by atoms with Gasteiger partial charge in [0, 0.05) is 116 Å². The van der Waals surface area contributed by atoms with E-state index in [1.54, 1.807) is 43.1 Å². The molecule has 0 bridgehead atoms. The Morgan fingerprint density at radius 1 is 0.763 bits per heavy atom. The van der Waals surface area contributed by atoms with Gasteiger partial charge < -0.3 is 65.2 Å². The van der Waals surface area contributed by atoms with Crippen molar-refractivity contribution in [2.24, 2.45) is 52.6 Å². The molecular formula is C83H126FN9O20S. The number of imide groups is 1. The number of nitrogens with one attached hydrogen (secondary N) is 3. The van der Waals surface area contributed by atoms with Gasteiger partial charge in [0.1, 0.15) is 18.5 Å². The van der Waals surface area contributed by atoms with Crippen LogP contribution in [0.3, 0.4) is 0 Å². The number of benzene rings is 2. The number of methoxy groups -OCH3 is 3. The van der Waals surface area contributed by atoms with Gasteiger partial charge >= 0.3 is 18.2 Å². The SMILES string of the molecule is CC[C@H](C)[C@@H]([C@@H](CC(=O)N1C[C@@H](OC(=O)NCCN(C)C(=O)OCc2ccc(CC(=O)[C@H](CCCCC(N)=O)NC(=O)[C@@H](CC(=O)CCCCCN3C(=O)CC(SCC4(CC(=O)O)CC4)C3=O)C(C)C)cc2)C[C@H]1[C@H](OC)[C@@H](C)C(=O)NCC(=O)c1ccc(OC)c(F)c1)OC)N(C)C(=O)[C@@H](CC(=O)[C@H](C(C)C)N(C)C)C(C)C. The number of ether oxygens (including phenoxy) is 5. The number of carboxylic acids is 1. The highest BCUT2D eigenvalue weighted by Gasteiger charge is 2.49. The Labute approximate surface area is 675 Å². The number of carboxylic acid groups (broad SMARTS) is 1. The largest absolute Gasteiger partial charge is 0.494 e. The van der Waals surface area contributed by atoms with Crippen LogP contribution in [0.25, 0.3) is 0 Å². The number of thioether (sulfide) groups is 1. The second-order valence-electron chi connectivity index (χ2n) is 32.3. The number of carbonyl (C=O) groups excluding carboxylic acids is 13. The molecule has 2 aromatic rings. The predicted molar refractivity (Wildman–Crippen MR) is 426 cm³/mol. The van der Waals surface area contributed by atoms with E-state index in [0.29, 0.717) is 55.4 Å². The minimum atomic E-state index is -1.06. The number of nitrogens with zero attached hydrogens (tertiary/aromatic N) is 5. The first-order valence-corrected chi connectivity index (χ1v) is 41.0. The van der Waals surface area contributed by atoms with E-state index in [1.165, 1.54) is 67.0 Å².